The average molecular weight is 266 g/mol. The lowest BCUT2D eigenvalue weighted by Gasteiger charge is -2.06. The topological polar surface area (TPSA) is 63.8 Å². The second-order valence-electron chi connectivity index (χ2n) is 4.26. The van der Waals surface area contributed by atoms with Crippen LogP contribution in [0.1, 0.15) is 48.7 Å². The molecule has 6 heteroatoms. The van der Waals surface area contributed by atoms with Crippen LogP contribution in [-0.2, 0) is 6.42 Å². The molecular weight excluding hydrogens is 248 g/mol. The van der Waals surface area contributed by atoms with E-state index in [0.29, 0.717) is 18.1 Å². The molecule has 0 saturated heterocycles. The smallest absolute Gasteiger partial charge is 0.243 e. The van der Waals surface area contributed by atoms with E-state index in [-0.39, 0.29) is 6.04 Å². The molecule has 2 aromatic rings. The van der Waals surface area contributed by atoms with Crippen LogP contribution < -0.4 is 5.32 Å². The highest BCUT2D eigenvalue weighted by molar-refractivity contribution is 7.09. The molecule has 2 rings (SSSR count). The normalized spacial score (nSPS) is 12.8. The quantitative estimate of drug-likeness (QED) is 0.870. The molecule has 1 atom stereocenters. The van der Waals surface area contributed by atoms with Crippen LogP contribution in [0.3, 0.4) is 0 Å². The lowest BCUT2D eigenvalue weighted by Crippen LogP contribution is -2.19. The third kappa shape index (κ3) is 3.36. The van der Waals surface area contributed by atoms with Crippen molar-refractivity contribution < 1.29 is 4.52 Å². The van der Waals surface area contributed by atoms with Crippen molar-refractivity contribution in [3.8, 4) is 0 Å². The lowest BCUT2D eigenvalue weighted by molar-refractivity contribution is 0.337. The second kappa shape index (κ2) is 6.06. The molecule has 0 radical (unpaired) electrons. The zero-order valence-corrected chi connectivity index (χ0v) is 11.8. The van der Waals surface area contributed by atoms with E-state index in [2.05, 4.69) is 27.4 Å². The average Bonchev–Trinajstić information content (AvgIpc) is 2.96. The van der Waals surface area contributed by atoms with Crippen molar-refractivity contribution in [1.29, 1.82) is 0 Å². The fourth-order valence-electron chi connectivity index (χ4n) is 1.61. The van der Waals surface area contributed by atoms with E-state index in [4.69, 9.17) is 4.52 Å². The van der Waals surface area contributed by atoms with Crippen molar-refractivity contribution in [3.63, 3.8) is 0 Å². The van der Waals surface area contributed by atoms with Crippen LogP contribution in [0.5, 0.6) is 0 Å². The third-order valence-electron chi connectivity index (χ3n) is 2.56. The summed E-state index contributed by atoms with van der Waals surface area (Å²) in [6.45, 7) is 7.10. The van der Waals surface area contributed by atoms with Gasteiger partial charge in [0.2, 0.25) is 5.89 Å². The standard InChI is InChI=1S/C12H18N4OS/c1-4-5-13-8(2)12-15-11(16-17-12)6-10-7-18-9(3)14-10/h7-8,13H,4-6H2,1-3H3. The molecule has 0 bridgehead atoms. The van der Waals surface area contributed by atoms with E-state index in [1.807, 2.05) is 19.2 Å². The highest BCUT2D eigenvalue weighted by Gasteiger charge is 2.14. The molecule has 1 N–H and O–H groups in total. The first-order valence-corrected chi connectivity index (χ1v) is 7.04. The molecule has 0 amide bonds. The molecule has 0 aliphatic heterocycles. The van der Waals surface area contributed by atoms with Gasteiger partial charge in [-0.1, -0.05) is 12.1 Å². The number of aryl methyl sites for hydroxylation is 1. The molecule has 1 unspecified atom stereocenters. The molecule has 0 spiro atoms. The van der Waals surface area contributed by atoms with E-state index >= 15 is 0 Å². The van der Waals surface area contributed by atoms with Crippen molar-refractivity contribution >= 4 is 11.3 Å². The summed E-state index contributed by atoms with van der Waals surface area (Å²) in [5.74, 6) is 1.34. The maximum absolute atomic E-state index is 5.25. The summed E-state index contributed by atoms with van der Waals surface area (Å²) in [6, 6.07) is 0.100. The van der Waals surface area contributed by atoms with E-state index in [1.165, 1.54) is 0 Å². The number of rotatable bonds is 6. The Kier molecular flexibility index (Phi) is 4.43. The number of hydrogen-bond acceptors (Lipinski definition) is 6. The number of thiazole rings is 1. The van der Waals surface area contributed by atoms with Gasteiger partial charge < -0.3 is 9.84 Å². The Morgan fingerprint density at radius 1 is 1.44 bits per heavy atom. The number of aromatic nitrogens is 3. The van der Waals surface area contributed by atoms with Gasteiger partial charge in [0.15, 0.2) is 5.82 Å². The van der Waals surface area contributed by atoms with Crippen LogP contribution in [-0.4, -0.2) is 21.7 Å². The van der Waals surface area contributed by atoms with Crippen LogP contribution in [0.15, 0.2) is 9.90 Å². The molecule has 2 heterocycles. The molecule has 0 aliphatic carbocycles. The van der Waals surface area contributed by atoms with E-state index in [9.17, 15) is 0 Å². The second-order valence-corrected chi connectivity index (χ2v) is 5.32. The van der Waals surface area contributed by atoms with Gasteiger partial charge in [-0.25, -0.2) is 4.98 Å². The monoisotopic (exact) mass is 266 g/mol. The Hall–Kier alpha value is -1.27. The van der Waals surface area contributed by atoms with Gasteiger partial charge in [-0.05, 0) is 26.8 Å². The Bertz CT molecular complexity index is 494. The summed E-state index contributed by atoms with van der Waals surface area (Å²) in [6.07, 6.45) is 1.72. The first-order valence-electron chi connectivity index (χ1n) is 6.16. The van der Waals surface area contributed by atoms with Gasteiger partial charge in [0.05, 0.1) is 23.2 Å². The van der Waals surface area contributed by atoms with Gasteiger partial charge in [0.25, 0.3) is 0 Å². The molecule has 0 saturated carbocycles. The predicted octanol–water partition coefficient (Wildman–Crippen LogP) is 2.49. The fraction of sp³-hybridized carbons (Fsp3) is 0.583. The molecule has 5 nitrogen and oxygen atoms in total. The molecular formula is C12H18N4OS. The van der Waals surface area contributed by atoms with Gasteiger partial charge in [-0.15, -0.1) is 11.3 Å². The van der Waals surface area contributed by atoms with Crippen LogP contribution in [0.4, 0.5) is 0 Å². The minimum absolute atomic E-state index is 0.100. The number of nitrogens with one attached hydrogen (secondary N) is 1. The Morgan fingerprint density at radius 2 is 2.28 bits per heavy atom. The summed E-state index contributed by atoms with van der Waals surface area (Å²) < 4.78 is 5.25. The van der Waals surface area contributed by atoms with Gasteiger partial charge in [0.1, 0.15) is 0 Å². The van der Waals surface area contributed by atoms with Crippen LogP contribution in [0.25, 0.3) is 0 Å². The van der Waals surface area contributed by atoms with Crippen molar-refractivity contribution in [2.45, 2.75) is 39.7 Å². The first-order chi connectivity index (χ1) is 8.69. The summed E-state index contributed by atoms with van der Waals surface area (Å²) in [7, 11) is 0. The molecule has 0 aliphatic rings. The van der Waals surface area contributed by atoms with Crippen molar-refractivity contribution in [2.75, 3.05) is 6.54 Å². The van der Waals surface area contributed by atoms with Crippen molar-refractivity contribution in [1.82, 2.24) is 20.4 Å². The zero-order chi connectivity index (χ0) is 13.0. The Labute approximate surface area is 111 Å². The van der Waals surface area contributed by atoms with Crippen LogP contribution in [0.2, 0.25) is 0 Å². The van der Waals surface area contributed by atoms with Gasteiger partial charge >= 0.3 is 0 Å². The molecule has 98 valence electrons. The van der Waals surface area contributed by atoms with Gasteiger partial charge in [-0.2, -0.15) is 4.98 Å². The first kappa shape index (κ1) is 13.2. The lowest BCUT2D eigenvalue weighted by atomic mass is 10.3. The van der Waals surface area contributed by atoms with E-state index in [0.717, 1.165) is 23.7 Å². The Balaban J connectivity index is 1.97. The van der Waals surface area contributed by atoms with Crippen LogP contribution >= 0.6 is 11.3 Å². The van der Waals surface area contributed by atoms with E-state index < -0.39 is 0 Å². The number of nitrogens with zero attached hydrogens (tertiary/aromatic N) is 3. The summed E-state index contributed by atoms with van der Waals surface area (Å²) in [4.78, 5) is 8.78. The largest absolute Gasteiger partial charge is 0.338 e. The Morgan fingerprint density at radius 3 is 2.94 bits per heavy atom. The number of hydrogen-bond donors (Lipinski definition) is 1. The molecule has 2 aromatic heterocycles. The SMILES string of the molecule is CCCNC(C)c1nc(Cc2csc(C)n2)no1. The summed E-state index contributed by atoms with van der Waals surface area (Å²) in [5.41, 5.74) is 0.999. The fourth-order valence-corrected chi connectivity index (χ4v) is 2.23. The van der Waals surface area contributed by atoms with E-state index in [1.54, 1.807) is 11.3 Å². The van der Waals surface area contributed by atoms with Crippen molar-refractivity contribution in [3.05, 3.63) is 27.8 Å². The van der Waals surface area contributed by atoms with Crippen LogP contribution in [0, 0.1) is 6.92 Å². The van der Waals surface area contributed by atoms with Gasteiger partial charge in [-0.3, -0.25) is 0 Å². The molecule has 0 fully saturated rings. The maximum atomic E-state index is 5.25. The summed E-state index contributed by atoms with van der Waals surface area (Å²) >= 11 is 1.64. The van der Waals surface area contributed by atoms with Crippen molar-refractivity contribution in [2.24, 2.45) is 0 Å². The minimum Gasteiger partial charge on any atom is -0.338 e. The molecule has 18 heavy (non-hydrogen) atoms. The molecule has 0 aromatic carbocycles. The highest BCUT2D eigenvalue weighted by Crippen LogP contribution is 2.14. The minimum atomic E-state index is 0.100. The highest BCUT2D eigenvalue weighted by atomic mass is 32.1. The summed E-state index contributed by atoms with van der Waals surface area (Å²) in [5, 5.41) is 10.4. The van der Waals surface area contributed by atoms with Gasteiger partial charge in [0, 0.05) is 5.38 Å². The predicted molar refractivity (Wildman–Crippen MR) is 70.7 cm³/mol. The maximum Gasteiger partial charge on any atom is 0.243 e. The zero-order valence-electron chi connectivity index (χ0n) is 10.9. The third-order valence-corrected chi connectivity index (χ3v) is 3.38.